The van der Waals surface area contributed by atoms with E-state index in [9.17, 15) is 4.79 Å². The first kappa shape index (κ1) is 15.0. The fourth-order valence-electron chi connectivity index (χ4n) is 2.16. The highest BCUT2D eigenvalue weighted by Gasteiger charge is 2.11. The van der Waals surface area contributed by atoms with Gasteiger partial charge in [-0.3, -0.25) is 4.79 Å². The number of nitrogens with one attached hydrogen (secondary N) is 1. The van der Waals surface area contributed by atoms with E-state index < -0.39 is 0 Å². The molecule has 0 unspecified atom stereocenters. The molecule has 0 saturated carbocycles. The predicted molar refractivity (Wildman–Crippen MR) is 83.3 cm³/mol. The SMILES string of the molecule is Cc1cccc(-c2nnc(CCC(=O)NCc3ccco3)o2)c1. The molecule has 0 aliphatic carbocycles. The highest BCUT2D eigenvalue weighted by molar-refractivity contribution is 5.75. The van der Waals surface area contributed by atoms with Gasteiger partial charge in [0.2, 0.25) is 17.7 Å². The van der Waals surface area contributed by atoms with Gasteiger partial charge in [-0.05, 0) is 31.2 Å². The molecule has 3 aromatic rings. The number of rotatable bonds is 6. The second kappa shape index (κ2) is 6.91. The third-order valence-electron chi connectivity index (χ3n) is 3.34. The molecule has 0 aliphatic heterocycles. The summed E-state index contributed by atoms with van der Waals surface area (Å²) in [7, 11) is 0. The van der Waals surface area contributed by atoms with Crippen molar-refractivity contribution in [2.45, 2.75) is 26.3 Å². The molecular formula is C17H17N3O3. The van der Waals surface area contributed by atoms with E-state index in [4.69, 9.17) is 8.83 Å². The molecular weight excluding hydrogens is 294 g/mol. The van der Waals surface area contributed by atoms with Crippen molar-refractivity contribution in [3.63, 3.8) is 0 Å². The summed E-state index contributed by atoms with van der Waals surface area (Å²) >= 11 is 0. The van der Waals surface area contributed by atoms with Crippen molar-refractivity contribution < 1.29 is 13.6 Å². The monoisotopic (exact) mass is 311 g/mol. The Kier molecular flexibility index (Phi) is 4.52. The molecule has 0 atom stereocenters. The number of carbonyl (C=O) groups excluding carboxylic acids is 1. The maximum absolute atomic E-state index is 11.8. The smallest absolute Gasteiger partial charge is 0.247 e. The van der Waals surface area contributed by atoms with Gasteiger partial charge in [-0.25, -0.2) is 0 Å². The van der Waals surface area contributed by atoms with Crippen LogP contribution in [0.2, 0.25) is 0 Å². The van der Waals surface area contributed by atoms with Gasteiger partial charge in [-0.1, -0.05) is 17.7 Å². The van der Waals surface area contributed by atoms with Gasteiger partial charge < -0.3 is 14.2 Å². The van der Waals surface area contributed by atoms with Crippen LogP contribution in [0.4, 0.5) is 0 Å². The molecule has 1 amide bonds. The first-order valence-corrected chi connectivity index (χ1v) is 7.39. The molecule has 0 fully saturated rings. The molecule has 0 radical (unpaired) electrons. The Morgan fingerprint density at radius 2 is 2.13 bits per heavy atom. The molecule has 0 spiro atoms. The van der Waals surface area contributed by atoms with E-state index in [2.05, 4.69) is 15.5 Å². The highest BCUT2D eigenvalue weighted by Crippen LogP contribution is 2.19. The van der Waals surface area contributed by atoms with Crippen LogP contribution in [0.15, 0.2) is 51.5 Å². The zero-order valence-electron chi connectivity index (χ0n) is 12.8. The van der Waals surface area contributed by atoms with Crippen molar-refractivity contribution in [2.24, 2.45) is 0 Å². The van der Waals surface area contributed by atoms with Gasteiger partial charge in [0, 0.05) is 18.4 Å². The number of nitrogens with zero attached hydrogens (tertiary/aromatic N) is 2. The number of furan rings is 1. The number of hydrogen-bond acceptors (Lipinski definition) is 5. The summed E-state index contributed by atoms with van der Waals surface area (Å²) in [5.74, 6) is 1.56. The van der Waals surface area contributed by atoms with E-state index in [1.54, 1.807) is 12.3 Å². The second-order valence-electron chi connectivity index (χ2n) is 5.23. The summed E-state index contributed by atoms with van der Waals surface area (Å²) in [5, 5.41) is 10.8. The van der Waals surface area contributed by atoms with Gasteiger partial charge in [0.05, 0.1) is 12.8 Å². The van der Waals surface area contributed by atoms with Crippen molar-refractivity contribution >= 4 is 5.91 Å². The van der Waals surface area contributed by atoms with Crippen molar-refractivity contribution in [3.8, 4) is 11.5 Å². The minimum absolute atomic E-state index is 0.0864. The van der Waals surface area contributed by atoms with Crippen molar-refractivity contribution in [3.05, 3.63) is 59.9 Å². The quantitative estimate of drug-likeness (QED) is 0.757. The first-order chi connectivity index (χ1) is 11.2. The van der Waals surface area contributed by atoms with E-state index in [0.29, 0.717) is 24.7 Å². The van der Waals surface area contributed by atoms with Crippen LogP contribution in [-0.4, -0.2) is 16.1 Å². The lowest BCUT2D eigenvalue weighted by Crippen LogP contribution is -2.22. The van der Waals surface area contributed by atoms with Crippen LogP contribution in [0, 0.1) is 6.92 Å². The van der Waals surface area contributed by atoms with Gasteiger partial charge in [-0.15, -0.1) is 10.2 Å². The summed E-state index contributed by atoms with van der Waals surface area (Å²) in [6.07, 6.45) is 2.27. The lowest BCUT2D eigenvalue weighted by atomic mass is 10.1. The second-order valence-corrected chi connectivity index (χ2v) is 5.23. The van der Waals surface area contributed by atoms with Gasteiger partial charge in [-0.2, -0.15) is 0 Å². The van der Waals surface area contributed by atoms with E-state index in [1.165, 1.54) is 0 Å². The average Bonchev–Trinajstić information content (AvgIpc) is 3.22. The van der Waals surface area contributed by atoms with E-state index >= 15 is 0 Å². The molecule has 118 valence electrons. The van der Waals surface area contributed by atoms with Crippen LogP contribution in [0.25, 0.3) is 11.5 Å². The molecule has 0 saturated heterocycles. The van der Waals surface area contributed by atoms with Crippen LogP contribution >= 0.6 is 0 Å². The van der Waals surface area contributed by atoms with Crippen LogP contribution < -0.4 is 5.32 Å². The number of benzene rings is 1. The molecule has 2 heterocycles. The first-order valence-electron chi connectivity index (χ1n) is 7.39. The van der Waals surface area contributed by atoms with E-state index in [-0.39, 0.29) is 12.3 Å². The normalized spacial score (nSPS) is 10.7. The van der Waals surface area contributed by atoms with Gasteiger partial charge >= 0.3 is 0 Å². The Morgan fingerprint density at radius 3 is 2.91 bits per heavy atom. The maximum atomic E-state index is 11.8. The highest BCUT2D eigenvalue weighted by atomic mass is 16.4. The van der Waals surface area contributed by atoms with E-state index in [1.807, 2.05) is 37.3 Å². The summed E-state index contributed by atoms with van der Waals surface area (Å²) in [6.45, 7) is 2.38. The van der Waals surface area contributed by atoms with E-state index in [0.717, 1.165) is 16.9 Å². The van der Waals surface area contributed by atoms with Gasteiger partial charge in [0.25, 0.3) is 0 Å². The molecule has 23 heavy (non-hydrogen) atoms. The zero-order chi connectivity index (χ0) is 16.1. The average molecular weight is 311 g/mol. The summed E-state index contributed by atoms with van der Waals surface area (Å²) in [5.41, 5.74) is 2.01. The topological polar surface area (TPSA) is 81.2 Å². The molecule has 1 aromatic carbocycles. The van der Waals surface area contributed by atoms with Crippen LogP contribution in [0.5, 0.6) is 0 Å². The molecule has 6 heteroatoms. The largest absolute Gasteiger partial charge is 0.467 e. The van der Waals surface area contributed by atoms with Crippen molar-refractivity contribution in [2.75, 3.05) is 0 Å². The molecule has 2 aromatic heterocycles. The van der Waals surface area contributed by atoms with Gasteiger partial charge in [0.1, 0.15) is 5.76 Å². The molecule has 3 rings (SSSR count). The number of carbonyl (C=O) groups is 1. The van der Waals surface area contributed by atoms with Crippen LogP contribution in [-0.2, 0) is 17.8 Å². The fraction of sp³-hybridized carbons (Fsp3) is 0.235. The molecule has 0 bridgehead atoms. The minimum atomic E-state index is -0.0864. The standard InChI is InChI=1S/C17H17N3O3/c1-12-4-2-5-13(10-12)17-20-19-16(23-17)8-7-15(21)18-11-14-6-3-9-22-14/h2-6,9-10H,7-8,11H2,1H3,(H,18,21). The molecule has 6 nitrogen and oxygen atoms in total. The molecule has 1 N–H and O–H groups in total. The predicted octanol–water partition coefficient (Wildman–Crippen LogP) is 2.89. The minimum Gasteiger partial charge on any atom is -0.467 e. The maximum Gasteiger partial charge on any atom is 0.247 e. The number of amides is 1. The lowest BCUT2D eigenvalue weighted by Gasteiger charge is -2.01. The summed E-state index contributed by atoms with van der Waals surface area (Å²) in [4.78, 5) is 11.8. The van der Waals surface area contributed by atoms with Gasteiger partial charge in [0.15, 0.2) is 0 Å². The Hall–Kier alpha value is -2.89. The lowest BCUT2D eigenvalue weighted by molar-refractivity contribution is -0.121. The van der Waals surface area contributed by atoms with Crippen molar-refractivity contribution in [1.82, 2.24) is 15.5 Å². The number of aromatic nitrogens is 2. The number of hydrogen-bond donors (Lipinski definition) is 1. The fourth-order valence-corrected chi connectivity index (χ4v) is 2.16. The Morgan fingerprint density at radius 1 is 1.22 bits per heavy atom. The summed E-state index contributed by atoms with van der Waals surface area (Å²) in [6, 6.07) is 11.4. The third-order valence-corrected chi connectivity index (χ3v) is 3.34. The Bertz CT molecular complexity index is 778. The number of aryl methyl sites for hydroxylation is 2. The Labute approximate surface area is 133 Å². The van der Waals surface area contributed by atoms with Crippen LogP contribution in [0.3, 0.4) is 0 Å². The summed E-state index contributed by atoms with van der Waals surface area (Å²) < 4.78 is 10.8. The molecule has 0 aliphatic rings. The van der Waals surface area contributed by atoms with Crippen LogP contribution in [0.1, 0.15) is 23.6 Å². The third kappa shape index (κ3) is 4.06. The van der Waals surface area contributed by atoms with Crippen molar-refractivity contribution in [1.29, 1.82) is 0 Å². The zero-order valence-corrected chi connectivity index (χ0v) is 12.8. The Balaban J connectivity index is 1.52.